The van der Waals surface area contributed by atoms with Crippen molar-refractivity contribution in [3.05, 3.63) is 65.2 Å². The second-order valence-corrected chi connectivity index (χ2v) is 7.00. The van der Waals surface area contributed by atoms with Crippen LogP contribution >= 0.6 is 11.6 Å². The average molecular weight is 398 g/mol. The monoisotopic (exact) mass is 397 g/mol. The molecule has 3 rings (SSSR count). The first-order chi connectivity index (χ1) is 12.8. The zero-order valence-corrected chi connectivity index (χ0v) is 15.1. The Labute approximate surface area is 160 Å². The van der Waals surface area contributed by atoms with Gasteiger partial charge in [-0.3, -0.25) is 20.5 Å². The van der Waals surface area contributed by atoms with E-state index in [1.54, 1.807) is 29.2 Å². The Morgan fingerprint density at radius 1 is 1.11 bits per heavy atom. The summed E-state index contributed by atoms with van der Waals surface area (Å²) in [5.41, 5.74) is 6.42. The van der Waals surface area contributed by atoms with Crippen molar-refractivity contribution >= 4 is 23.2 Å². The highest BCUT2D eigenvalue weighted by Gasteiger charge is 2.52. The third-order valence-corrected chi connectivity index (χ3v) is 4.79. The number of likely N-dealkylation sites (tertiary alicyclic amines) is 1. The summed E-state index contributed by atoms with van der Waals surface area (Å²) in [7, 11) is 0. The van der Waals surface area contributed by atoms with E-state index in [0.29, 0.717) is 17.3 Å². The number of alkyl halides is 3. The van der Waals surface area contributed by atoms with E-state index in [0.717, 1.165) is 5.56 Å². The summed E-state index contributed by atoms with van der Waals surface area (Å²) in [4.78, 5) is 14.1. The van der Waals surface area contributed by atoms with E-state index >= 15 is 0 Å². The largest absolute Gasteiger partial charge is 0.393 e. The molecule has 1 fully saturated rings. The van der Waals surface area contributed by atoms with E-state index in [2.05, 4.69) is 10.9 Å². The number of nitrogens with zero attached hydrogens (tertiary/aromatic N) is 1. The lowest BCUT2D eigenvalue weighted by atomic mass is 9.95. The molecule has 8 heteroatoms. The standard InChI is InChI=1S/C19H19ClF3N3O/c20-14-7-4-8-15(9-14)24-25-18(27)16-11-26(12-17(16)19(21,22)23)10-13-5-2-1-3-6-13/h1-9,16-17,24H,10-12H2,(H,25,27). The lowest BCUT2D eigenvalue weighted by Crippen LogP contribution is -2.42. The highest BCUT2D eigenvalue weighted by Crippen LogP contribution is 2.38. The molecule has 1 saturated heterocycles. The lowest BCUT2D eigenvalue weighted by molar-refractivity contribution is -0.183. The van der Waals surface area contributed by atoms with Crippen molar-refractivity contribution in [1.82, 2.24) is 10.3 Å². The third kappa shape index (κ3) is 5.14. The molecule has 4 nitrogen and oxygen atoms in total. The van der Waals surface area contributed by atoms with Crippen molar-refractivity contribution in [1.29, 1.82) is 0 Å². The number of amides is 1. The minimum absolute atomic E-state index is 0.0438. The van der Waals surface area contributed by atoms with E-state index in [1.165, 1.54) is 0 Å². The molecule has 1 aliphatic rings. The maximum atomic E-state index is 13.5. The molecule has 0 saturated carbocycles. The Morgan fingerprint density at radius 2 is 1.85 bits per heavy atom. The normalized spacial score (nSPS) is 20.4. The van der Waals surface area contributed by atoms with Crippen LogP contribution in [0.2, 0.25) is 5.02 Å². The van der Waals surface area contributed by atoms with E-state index < -0.39 is 23.9 Å². The molecule has 0 bridgehead atoms. The molecule has 1 aliphatic heterocycles. The highest BCUT2D eigenvalue weighted by molar-refractivity contribution is 6.30. The van der Waals surface area contributed by atoms with E-state index in [1.807, 2.05) is 30.3 Å². The number of hydrazine groups is 1. The topological polar surface area (TPSA) is 44.4 Å². The van der Waals surface area contributed by atoms with Crippen LogP contribution in [0.3, 0.4) is 0 Å². The van der Waals surface area contributed by atoms with Crippen LogP contribution in [0.25, 0.3) is 0 Å². The average Bonchev–Trinajstić information content (AvgIpc) is 3.05. The van der Waals surface area contributed by atoms with Crippen molar-refractivity contribution in [2.75, 3.05) is 18.5 Å². The van der Waals surface area contributed by atoms with E-state index in [9.17, 15) is 18.0 Å². The first-order valence-corrected chi connectivity index (χ1v) is 8.85. The molecule has 0 aromatic heterocycles. The molecule has 144 valence electrons. The predicted molar refractivity (Wildman–Crippen MR) is 98.0 cm³/mol. The molecule has 0 aliphatic carbocycles. The van der Waals surface area contributed by atoms with Gasteiger partial charge in [-0.15, -0.1) is 0 Å². The van der Waals surface area contributed by atoms with Crippen molar-refractivity contribution in [2.24, 2.45) is 11.8 Å². The van der Waals surface area contributed by atoms with Gasteiger partial charge in [-0.2, -0.15) is 13.2 Å². The van der Waals surface area contributed by atoms with Crippen LogP contribution in [0.5, 0.6) is 0 Å². The van der Waals surface area contributed by atoms with E-state index in [4.69, 9.17) is 11.6 Å². The van der Waals surface area contributed by atoms with Crippen LogP contribution in [0.4, 0.5) is 18.9 Å². The van der Waals surface area contributed by atoms with Crippen molar-refractivity contribution in [3.8, 4) is 0 Å². The molecule has 2 atom stereocenters. The number of benzene rings is 2. The summed E-state index contributed by atoms with van der Waals surface area (Å²) >= 11 is 5.86. The smallest absolute Gasteiger partial charge is 0.299 e. The number of hydrogen-bond donors (Lipinski definition) is 2. The summed E-state index contributed by atoms with van der Waals surface area (Å²) in [5.74, 6) is -3.57. The fourth-order valence-corrected chi connectivity index (χ4v) is 3.44. The first-order valence-electron chi connectivity index (χ1n) is 8.47. The molecule has 2 aromatic rings. The summed E-state index contributed by atoms with van der Waals surface area (Å²) in [5, 5.41) is 0.456. The molecule has 0 spiro atoms. The number of carbonyl (C=O) groups is 1. The fourth-order valence-electron chi connectivity index (χ4n) is 3.25. The second kappa shape index (κ2) is 8.19. The Morgan fingerprint density at radius 3 is 2.52 bits per heavy atom. The molecule has 27 heavy (non-hydrogen) atoms. The lowest BCUT2D eigenvalue weighted by Gasteiger charge is -2.21. The molecule has 1 amide bonds. The Kier molecular flexibility index (Phi) is 5.92. The van der Waals surface area contributed by atoms with Crippen LogP contribution < -0.4 is 10.9 Å². The zero-order chi connectivity index (χ0) is 19.4. The molecule has 2 unspecified atom stereocenters. The number of nitrogens with one attached hydrogen (secondary N) is 2. The molecule has 1 heterocycles. The Balaban J connectivity index is 1.66. The van der Waals surface area contributed by atoms with Gasteiger partial charge >= 0.3 is 6.18 Å². The van der Waals surface area contributed by atoms with Gasteiger partial charge < -0.3 is 0 Å². The zero-order valence-electron chi connectivity index (χ0n) is 14.3. The molecule has 2 aromatic carbocycles. The van der Waals surface area contributed by atoms with Crippen LogP contribution in [-0.2, 0) is 11.3 Å². The molecule has 2 N–H and O–H groups in total. The number of anilines is 1. The van der Waals surface area contributed by atoms with Crippen molar-refractivity contribution < 1.29 is 18.0 Å². The highest BCUT2D eigenvalue weighted by atomic mass is 35.5. The summed E-state index contributed by atoms with van der Waals surface area (Å²) in [6, 6.07) is 15.8. The van der Waals surface area contributed by atoms with Gasteiger partial charge in [-0.1, -0.05) is 48.0 Å². The van der Waals surface area contributed by atoms with Gasteiger partial charge in [0.2, 0.25) is 5.91 Å². The maximum absolute atomic E-state index is 13.5. The number of rotatable bonds is 5. The number of hydrogen-bond acceptors (Lipinski definition) is 3. The minimum Gasteiger partial charge on any atom is -0.299 e. The summed E-state index contributed by atoms with van der Waals surface area (Å²) in [6.45, 7) is 0.217. The van der Waals surface area contributed by atoms with Gasteiger partial charge in [0.05, 0.1) is 17.5 Å². The van der Waals surface area contributed by atoms with Crippen LogP contribution in [0.15, 0.2) is 54.6 Å². The van der Waals surface area contributed by atoms with Crippen LogP contribution in [0.1, 0.15) is 5.56 Å². The number of carbonyl (C=O) groups excluding carboxylic acids is 1. The fraction of sp³-hybridized carbons (Fsp3) is 0.316. The molecular weight excluding hydrogens is 379 g/mol. The Bertz CT molecular complexity index is 785. The summed E-state index contributed by atoms with van der Waals surface area (Å²) in [6.07, 6.45) is -4.44. The predicted octanol–water partition coefficient (Wildman–Crippen LogP) is 4.09. The van der Waals surface area contributed by atoms with Crippen molar-refractivity contribution in [3.63, 3.8) is 0 Å². The van der Waals surface area contributed by atoms with Crippen LogP contribution in [0, 0.1) is 11.8 Å². The quantitative estimate of drug-likeness (QED) is 0.747. The number of halogens is 4. The minimum atomic E-state index is -4.44. The van der Waals surface area contributed by atoms with Crippen molar-refractivity contribution in [2.45, 2.75) is 12.7 Å². The van der Waals surface area contributed by atoms with Gasteiger partial charge in [0, 0.05) is 24.7 Å². The van der Waals surface area contributed by atoms with Gasteiger partial charge in [-0.05, 0) is 23.8 Å². The summed E-state index contributed by atoms with van der Waals surface area (Å²) < 4.78 is 40.4. The Hall–Kier alpha value is -2.25. The SMILES string of the molecule is O=C(NNc1cccc(Cl)c1)C1CN(Cc2ccccc2)CC1C(F)(F)F. The van der Waals surface area contributed by atoms with Gasteiger partial charge in [-0.25, -0.2) is 0 Å². The second-order valence-electron chi connectivity index (χ2n) is 6.56. The van der Waals surface area contributed by atoms with Gasteiger partial charge in [0.25, 0.3) is 0 Å². The van der Waals surface area contributed by atoms with E-state index in [-0.39, 0.29) is 13.1 Å². The van der Waals surface area contributed by atoms with Gasteiger partial charge in [0.1, 0.15) is 0 Å². The third-order valence-electron chi connectivity index (χ3n) is 4.56. The first kappa shape index (κ1) is 19.5. The molecule has 0 radical (unpaired) electrons. The molecular formula is C19H19ClF3N3O. The maximum Gasteiger partial charge on any atom is 0.393 e. The van der Waals surface area contributed by atoms with Crippen LogP contribution in [-0.4, -0.2) is 30.1 Å². The van der Waals surface area contributed by atoms with Gasteiger partial charge in [0.15, 0.2) is 0 Å².